The topological polar surface area (TPSA) is 50.3 Å². The third-order valence-electron chi connectivity index (χ3n) is 3.13. The fraction of sp³-hybridized carbons (Fsp3) is 0.385. The zero-order chi connectivity index (χ0) is 12.4. The Morgan fingerprint density at radius 1 is 1.11 bits per heavy atom. The van der Waals surface area contributed by atoms with Crippen molar-refractivity contribution >= 4 is 16.9 Å². The molecule has 18 heavy (non-hydrogen) atoms. The van der Waals surface area contributed by atoms with E-state index in [2.05, 4.69) is 20.2 Å². The zero-order valence-corrected chi connectivity index (χ0v) is 10.4. The van der Waals surface area contributed by atoms with Gasteiger partial charge in [0.25, 0.3) is 5.88 Å². The molecular weight excluding hydrogens is 228 g/mol. The third-order valence-corrected chi connectivity index (χ3v) is 3.13. The number of ether oxygens (including phenoxy) is 1. The molecule has 3 rings (SSSR count). The summed E-state index contributed by atoms with van der Waals surface area (Å²) in [5, 5.41) is 3.33. The van der Waals surface area contributed by atoms with Gasteiger partial charge in [-0.05, 0) is 12.1 Å². The molecule has 5 nitrogen and oxygen atoms in total. The number of hydrogen-bond acceptors (Lipinski definition) is 5. The number of aromatic nitrogens is 2. The van der Waals surface area contributed by atoms with E-state index in [1.54, 1.807) is 7.11 Å². The van der Waals surface area contributed by atoms with Crippen LogP contribution in [0.4, 0.5) is 5.82 Å². The van der Waals surface area contributed by atoms with Crippen molar-refractivity contribution in [2.24, 2.45) is 0 Å². The fourth-order valence-corrected chi connectivity index (χ4v) is 2.19. The maximum atomic E-state index is 5.37. The van der Waals surface area contributed by atoms with Gasteiger partial charge in [-0.3, -0.25) is 0 Å². The minimum Gasteiger partial charge on any atom is -0.478 e. The summed E-state index contributed by atoms with van der Waals surface area (Å²) in [6, 6.07) is 7.87. The minimum atomic E-state index is 0.607. The molecule has 1 aromatic heterocycles. The number of nitrogens with one attached hydrogen (secondary N) is 1. The van der Waals surface area contributed by atoms with Crippen LogP contribution in [-0.4, -0.2) is 43.3 Å². The van der Waals surface area contributed by atoms with Crippen LogP contribution in [0.15, 0.2) is 24.3 Å². The van der Waals surface area contributed by atoms with Gasteiger partial charge in [0, 0.05) is 26.2 Å². The summed E-state index contributed by atoms with van der Waals surface area (Å²) in [7, 11) is 1.64. The van der Waals surface area contributed by atoms with E-state index in [9.17, 15) is 0 Å². The molecule has 1 saturated heterocycles. The molecule has 0 bridgehead atoms. The quantitative estimate of drug-likeness (QED) is 0.855. The second kappa shape index (κ2) is 4.78. The molecule has 0 radical (unpaired) electrons. The highest BCUT2D eigenvalue weighted by molar-refractivity contribution is 5.77. The molecule has 2 aromatic rings. The maximum absolute atomic E-state index is 5.37. The van der Waals surface area contributed by atoms with Gasteiger partial charge in [-0.1, -0.05) is 12.1 Å². The lowest BCUT2D eigenvalue weighted by Gasteiger charge is -2.29. The van der Waals surface area contributed by atoms with Crippen molar-refractivity contribution in [2.45, 2.75) is 0 Å². The number of para-hydroxylation sites is 2. The van der Waals surface area contributed by atoms with Crippen molar-refractivity contribution in [3.8, 4) is 5.88 Å². The van der Waals surface area contributed by atoms with E-state index in [4.69, 9.17) is 4.74 Å². The first-order chi connectivity index (χ1) is 8.88. The van der Waals surface area contributed by atoms with Gasteiger partial charge in [-0.2, -0.15) is 0 Å². The molecule has 0 saturated carbocycles. The lowest BCUT2D eigenvalue weighted by molar-refractivity contribution is 0.396. The molecule has 1 aliphatic heterocycles. The Hall–Kier alpha value is -1.88. The third kappa shape index (κ3) is 1.97. The fourth-order valence-electron chi connectivity index (χ4n) is 2.19. The molecule has 0 atom stereocenters. The van der Waals surface area contributed by atoms with E-state index in [1.165, 1.54) is 0 Å². The number of nitrogens with zero attached hydrogens (tertiary/aromatic N) is 3. The number of benzene rings is 1. The number of piperazine rings is 1. The smallest absolute Gasteiger partial charge is 0.257 e. The maximum Gasteiger partial charge on any atom is 0.257 e. The predicted molar refractivity (Wildman–Crippen MR) is 71.2 cm³/mol. The molecule has 2 heterocycles. The lowest BCUT2D eigenvalue weighted by Crippen LogP contribution is -2.44. The van der Waals surface area contributed by atoms with Crippen LogP contribution in [0.3, 0.4) is 0 Å². The number of fused-ring (bicyclic) bond motifs is 1. The molecule has 1 aromatic carbocycles. The van der Waals surface area contributed by atoms with Gasteiger partial charge in [-0.25, -0.2) is 9.97 Å². The molecule has 0 aliphatic carbocycles. The normalized spacial score (nSPS) is 15.9. The summed E-state index contributed by atoms with van der Waals surface area (Å²) < 4.78 is 5.37. The van der Waals surface area contributed by atoms with Gasteiger partial charge in [0.05, 0.1) is 18.1 Å². The van der Waals surface area contributed by atoms with E-state index in [1.807, 2.05) is 24.3 Å². The number of anilines is 1. The minimum absolute atomic E-state index is 0.607. The van der Waals surface area contributed by atoms with Crippen LogP contribution in [0.25, 0.3) is 11.0 Å². The Morgan fingerprint density at radius 3 is 2.44 bits per heavy atom. The van der Waals surface area contributed by atoms with Crippen LogP contribution in [0, 0.1) is 0 Å². The monoisotopic (exact) mass is 244 g/mol. The number of hydrogen-bond donors (Lipinski definition) is 1. The average molecular weight is 244 g/mol. The SMILES string of the molecule is COc1nc2ccccc2nc1N1CCNCC1. The van der Waals surface area contributed by atoms with Crippen molar-refractivity contribution in [1.82, 2.24) is 15.3 Å². The second-order valence-electron chi connectivity index (χ2n) is 4.28. The number of methoxy groups -OCH3 is 1. The predicted octanol–water partition coefficient (Wildman–Crippen LogP) is 1.05. The van der Waals surface area contributed by atoms with E-state index >= 15 is 0 Å². The first kappa shape index (κ1) is 11.2. The molecule has 0 amide bonds. The van der Waals surface area contributed by atoms with Crippen molar-refractivity contribution < 1.29 is 4.74 Å². The van der Waals surface area contributed by atoms with Gasteiger partial charge in [0.15, 0.2) is 5.82 Å². The molecule has 1 fully saturated rings. The van der Waals surface area contributed by atoms with Crippen LogP contribution in [0.5, 0.6) is 5.88 Å². The summed E-state index contributed by atoms with van der Waals surface area (Å²) >= 11 is 0. The second-order valence-corrected chi connectivity index (χ2v) is 4.28. The van der Waals surface area contributed by atoms with Gasteiger partial charge in [-0.15, -0.1) is 0 Å². The highest BCUT2D eigenvalue weighted by atomic mass is 16.5. The van der Waals surface area contributed by atoms with E-state index in [0.29, 0.717) is 5.88 Å². The summed E-state index contributed by atoms with van der Waals surface area (Å²) in [6.07, 6.45) is 0. The highest BCUT2D eigenvalue weighted by Gasteiger charge is 2.18. The molecule has 1 aliphatic rings. The Bertz CT molecular complexity index is 552. The molecular formula is C13H16N4O. The van der Waals surface area contributed by atoms with E-state index in [0.717, 1.165) is 43.0 Å². The zero-order valence-electron chi connectivity index (χ0n) is 10.4. The van der Waals surface area contributed by atoms with Crippen LogP contribution in [0.1, 0.15) is 0 Å². The molecule has 5 heteroatoms. The van der Waals surface area contributed by atoms with Gasteiger partial charge >= 0.3 is 0 Å². The van der Waals surface area contributed by atoms with Gasteiger partial charge < -0.3 is 15.0 Å². The van der Waals surface area contributed by atoms with Crippen LogP contribution in [-0.2, 0) is 0 Å². The Kier molecular flexibility index (Phi) is 2.98. The standard InChI is InChI=1S/C13H16N4O/c1-18-13-12(17-8-6-14-7-9-17)15-10-4-2-3-5-11(10)16-13/h2-5,14H,6-9H2,1H3. The largest absolute Gasteiger partial charge is 0.478 e. The highest BCUT2D eigenvalue weighted by Crippen LogP contribution is 2.26. The van der Waals surface area contributed by atoms with Crippen molar-refractivity contribution in [3.05, 3.63) is 24.3 Å². The lowest BCUT2D eigenvalue weighted by atomic mass is 10.3. The summed E-state index contributed by atoms with van der Waals surface area (Å²) in [6.45, 7) is 3.81. The molecule has 0 unspecified atom stereocenters. The van der Waals surface area contributed by atoms with Crippen LogP contribution >= 0.6 is 0 Å². The number of rotatable bonds is 2. The van der Waals surface area contributed by atoms with Crippen molar-refractivity contribution in [1.29, 1.82) is 0 Å². The average Bonchev–Trinajstić information content (AvgIpc) is 2.46. The Balaban J connectivity index is 2.08. The van der Waals surface area contributed by atoms with E-state index < -0.39 is 0 Å². The van der Waals surface area contributed by atoms with Crippen molar-refractivity contribution in [2.75, 3.05) is 38.2 Å². The first-order valence-corrected chi connectivity index (χ1v) is 6.15. The molecule has 94 valence electrons. The van der Waals surface area contributed by atoms with Gasteiger partial charge in [0.2, 0.25) is 0 Å². The first-order valence-electron chi connectivity index (χ1n) is 6.15. The van der Waals surface area contributed by atoms with Gasteiger partial charge in [0.1, 0.15) is 0 Å². The van der Waals surface area contributed by atoms with Crippen molar-refractivity contribution in [3.63, 3.8) is 0 Å². The summed E-state index contributed by atoms with van der Waals surface area (Å²) in [4.78, 5) is 11.4. The van der Waals surface area contributed by atoms with Crippen LogP contribution < -0.4 is 15.0 Å². The molecule has 0 spiro atoms. The van der Waals surface area contributed by atoms with Crippen LogP contribution in [0.2, 0.25) is 0 Å². The van der Waals surface area contributed by atoms with E-state index in [-0.39, 0.29) is 0 Å². The molecule has 1 N–H and O–H groups in total. The summed E-state index contributed by atoms with van der Waals surface area (Å²) in [5.41, 5.74) is 1.78. The summed E-state index contributed by atoms with van der Waals surface area (Å²) in [5.74, 6) is 1.45. The Morgan fingerprint density at radius 2 is 1.78 bits per heavy atom. The Labute approximate surface area is 106 Å².